The van der Waals surface area contributed by atoms with Gasteiger partial charge in [-0.2, -0.15) is 13.2 Å². The van der Waals surface area contributed by atoms with Crippen molar-refractivity contribution in [3.63, 3.8) is 0 Å². The molecule has 6 heteroatoms. The zero-order valence-corrected chi connectivity index (χ0v) is 12.8. The van der Waals surface area contributed by atoms with Crippen molar-refractivity contribution >= 4 is 0 Å². The number of piperazine rings is 1. The molecule has 1 aliphatic rings. The summed E-state index contributed by atoms with van der Waals surface area (Å²) in [4.78, 5) is 2.64. The normalized spacial score (nSPS) is 22.2. The summed E-state index contributed by atoms with van der Waals surface area (Å²) in [5, 5.41) is 0. The highest BCUT2D eigenvalue weighted by atomic mass is 19.4. The number of alkyl halides is 3. The van der Waals surface area contributed by atoms with Crippen molar-refractivity contribution in [2.75, 3.05) is 26.2 Å². The highest BCUT2D eigenvalue weighted by Crippen LogP contribution is 2.31. The minimum Gasteiger partial charge on any atom is -0.463 e. The highest BCUT2D eigenvalue weighted by molar-refractivity contribution is 5.28. The first-order chi connectivity index (χ1) is 11.0. The van der Waals surface area contributed by atoms with Crippen LogP contribution in [-0.4, -0.2) is 26.2 Å². The van der Waals surface area contributed by atoms with Gasteiger partial charge >= 0.3 is 6.18 Å². The molecule has 3 rings (SSSR count). The summed E-state index contributed by atoms with van der Waals surface area (Å²) in [7, 11) is 0. The maximum absolute atomic E-state index is 13.1. The molecule has 0 aliphatic carbocycles. The van der Waals surface area contributed by atoms with Gasteiger partial charge in [-0.1, -0.05) is 18.2 Å². The van der Waals surface area contributed by atoms with E-state index in [0.29, 0.717) is 12.1 Å². The zero-order chi connectivity index (χ0) is 16.3. The molecule has 0 amide bonds. The van der Waals surface area contributed by atoms with Crippen LogP contribution in [0.15, 0.2) is 47.1 Å². The Kier molecular flexibility index (Phi) is 4.73. The summed E-state index contributed by atoms with van der Waals surface area (Å²) in [6.07, 6.45) is -2.60. The van der Waals surface area contributed by atoms with Gasteiger partial charge in [0.15, 0.2) is 5.76 Å². The SMILES string of the molecule is FC(F)(F)c1ccccc1C[NH+]1CC[NH+](Cc2ccco2)CC1. The predicted molar refractivity (Wildman–Crippen MR) is 79.0 cm³/mol. The molecule has 1 aliphatic heterocycles. The number of furan rings is 1. The van der Waals surface area contributed by atoms with Crippen LogP contribution in [-0.2, 0) is 19.3 Å². The summed E-state index contributed by atoms with van der Waals surface area (Å²) < 4.78 is 44.5. The molecule has 1 aromatic heterocycles. The summed E-state index contributed by atoms with van der Waals surface area (Å²) in [6, 6.07) is 9.75. The quantitative estimate of drug-likeness (QED) is 0.852. The second-order valence-corrected chi connectivity index (χ2v) is 6.09. The number of hydrogen-bond acceptors (Lipinski definition) is 1. The summed E-state index contributed by atoms with van der Waals surface area (Å²) >= 11 is 0. The highest BCUT2D eigenvalue weighted by Gasteiger charge is 2.34. The van der Waals surface area contributed by atoms with Crippen LogP contribution in [0.1, 0.15) is 16.9 Å². The molecule has 23 heavy (non-hydrogen) atoms. The molecule has 2 N–H and O–H groups in total. The maximum atomic E-state index is 13.1. The Morgan fingerprint density at radius 1 is 0.870 bits per heavy atom. The lowest BCUT2D eigenvalue weighted by Gasteiger charge is -2.29. The van der Waals surface area contributed by atoms with Gasteiger partial charge in [-0.15, -0.1) is 0 Å². The number of nitrogens with one attached hydrogen (secondary N) is 2. The fourth-order valence-corrected chi connectivity index (χ4v) is 3.19. The van der Waals surface area contributed by atoms with Gasteiger partial charge < -0.3 is 14.2 Å². The van der Waals surface area contributed by atoms with Crippen molar-refractivity contribution in [2.24, 2.45) is 0 Å². The first kappa shape index (κ1) is 16.1. The Labute approximate surface area is 133 Å². The van der Waals surface area contributed by atoms with E-state index in [2.05, 4.69) is 0 Å². The molecule has 0 bridgehead atoms. The molecule has 0 spiro atoms. The average Bonchev–Trinajstić information content (AvgIpc) is 3.02. The summed E-state index contributed by atoms with van der Waals surface area (Å²) in [5.41, 5.74) is -0.109. The standard InChI is InChI=1S/C17H19F3N2O/c18-17(19,20)16-6-2-1-4-14(16)12-21-7-9-22(10-8-21)13-15-5-3-11-23-15/h1-6,11H,7-10,12-13H2/p+2. The van der Waals surface area contributed by atoms with Gasteiger partial charge in [0.25, 0.3) is 0 Å². The molecule has 0 unspecified atom stereocenters. The Balaban J connectivity index is 1.57. The van der Waals surface area contributed by atoms with E-state index in [4.69, 9.17) is 4.42 Å². The van der Waals surface area contributed by atoms with Gasteiger partial charge in [-0.3, -0.25) is 0 Å². The van der Waals surface area contributed by atoms with Crippen LogP contribution in [0.5, 0.6) is 0 Å². The number of benzene rings is 1. The van der Waals surface area contributed by atoms with Crippen molar-refractivity contribution < 1.29 is 27.4 Å². The molecular formula is C17H21F3N2O+2. The number of rotatable bonds is 4. The Morgan fingerprint density at radius 3 is 2.13 bits per heavy atom. The summed E-state index contributed by atoms with van der Waals surface area (Å²) in [6.45, 7) is 4.93. The number of halogens is 3. The molecule has 1 aromatic carbocycles. The third-order valence-electron chi connectivity index (χ3n) is 4.43. The summed E-state index contributed by atoms with van der Waals surface area (Å²) in [5.74, 6) is 0.964. The van der Waals surface area contributed by atoms with E-state index in [1.54, 1.807) is 18.4 Å². The number of quaternary nitrogens is 2. The van der Waals surface area contributed by atoms with Crippen LogP contribution < -0.4 is 9.80 Å². The predicted octanol–water partition coefficient (Wildman–Crippen LogP) is 0.782. The van der Waals surface area contributed by atoms with Crippen LogP contribution >= 0.6 is 0 Å². The second kappa shape index (κ2) is 6.76. The van der Waals surface area contributed by atoms with E-state index in [-0.39, 0.29) is 0 Å². The molecule has 2 heterocycles. The monoisotopic (exact) mass is 326 g/mol. The zero-order valence-electron chi connectivity index (χ0n) is 12.8. The van der Waals surface area contributed by atoms with Crippen LogP contribution in [0.3, 0.4) is 0 Å². The Morgan fingerprint density at radius 2 is 1.52 bits per heavy atom. The van der Waals surface area contributed by atoms with Crippen LogP contribution in [0.25, 0.3) is 0 Å². The van der Waals surface area contributed by atoms with Gasteiger partial charge in [0, 0.05) is 5.56 Å². The average molecular weight is 326 g/mol. The molecule has 3 nitrogen and oxygen atoms in total. The van der Waals surface area contributed by atoms with Gasteiger partial charge in [-0.05, 0) is 18.2 Å². The minimum atomic E-state index is -4.28. The topological polar surface area (TPSA) is 22.0 Å². The van der Waals surface area contributed by atoms with Gasteiger partial charge in [0.05, 0.1) is 11.8 Å². The largest absolute Gasteiger partial charge is 0.463 e. The van der Waals surface area contributed by atoms with Crippen LogP contribution in [0, 0.1) is 0 Å². The fourth-order valence-electron chi connectivity index (χ4n) is 3.19. The van der Waals surface area contributed by atoms with E-state index in [1.807, 2.05) is 12.1 Å². The molecule has 0 radical (unpaired) electrons. The van der Waals surface area contributed by atoms with Crippen LogP contribution in [0.2, 0.25) is 0 Å². The van der Waals surface area contributed by atoms with E-state index in [9.17, 15) is 13.2 Å². The Hall–Kier alpha value is -1.79. The van der Waals surface area contributed by atoms with Crippen molar-refractivity contribution in [1.82, 2.24) is 0 Å². The lowest BCUT2D eigenvalue weighted by atomic mass is 10.1. The van der Waals surface area contributed by atoms with E-state index < -0.39 is 11.7 Å². The molecular weight excluding hydrogens is 305 g/mol. The molecule has 1 saturated heterocycles. The van der Waals surface area contributed by atoms with E-state index in [1.165, 1.54) is 21.9 Å². The van der Waals surface area contributed by atoms with Crippen molar-refractivity contribution in [3.8, 4) is 0 Å². The molecule has 0 atom stereocenters. The minimum absolute atomic E-state index is 0.393. The smallest absolute Gasteiger partial charge is 0.416 e. The Bertz CT molecular complexity index is 617. The van der Waals surface area contributed by atoms with E-state index in [0.717, 1.165) is 38.5 Å². The second-order valence-electron chi connectivity index (χ2n) is 6.09. The fraction of sp³-hybridized carbons (Fsp3) is 0.412. The maximum Gasteiger partial charge on any atom is 0.416 e. The van der Waals surface area contributed by atoms with Gasteiger partial charge in [-0.25, -0.2) is 0 Å². The lowest BCUT2D eigenvalue weighted by molar-refractivity contribution is -1.02. The molecule has 1 fully saturated rings. The number of hydrogen-bond donors (Lipinski definition) is 2. The third-order valence-corrected chi connectivity index (χ3v) is 4.43. The van der Waals surface area contributed by atoms with Crippen LogP contribution in [0.4, 0.5) is 13.2 Å². The first-order valence-corrected chi connectivity index (χ1v) is 7.87. The van der Waals surface area contributed by atoms with Crippen molar-refractivity contribution in [2.45, 2.75) is 19.3 Å². The van der Waals surface area contributed by atoms with E-state index >= 15 is 0 Å². The third kappa shape index (κ3) is 4.14. The first-order valence-electron chi connectivity index (χ1n) is 7.87. The van der Waals surface area contributed by atoms with Crippen molar-refractivity contribution in [3.05, 3.63) is 59.5 Å². The van der Waals surface area contributed by atoms with Gasteiger partial charge in [0.1, 0.15) is 39.3 Å². The van der Waals surface area contributed by atoms with Gasteiger partial charge in [0.2, 0.25) is 0 Å². The molecule has 0 saturated carbocycles. The molecule has 2 aromatic rings. The molecule has 124 valence electrons. The van der Waals surface area contributed by atoms with Crippen molar-refractivity contribution in [1.29, 1.82) is 0 Å². The lowest BCUT2D eigenvalue weighted by Crippen LogP contribution is -3.27.